The van der Waals surface area contributed by atoms with E-state index in [2.05, 4.69) is 5.32 Å². The summed E-state index contributed by atoms with van der Waals surface area (Å²) >= 11 is 0. The van der Waals surface area contributed by atoms with E-state index in [0.717, 1.165) is 47.4 Å². The second-order valence-corrected chi connectivity index (χ2v) is 11.6. The van der Waals surface area contributed by atoms with Crippen LogP contribution in [0.2, 0.25) is 0 Å². The lowest BCUT2D eigenvalue weighted by Crippen LogP contribution is -2.54. The summed E-state index contributed by atoms with van der Waals surface area (Å²) in [7, 11) is -2.38. The molecule has 1 aliphatic carbocycles. The molecule has 0 aliphatic heterocycles. The van der Waals surface area contributed by atoms with Crippen LogP contribution in [-0.4, -0.2) is 57.1 Å². The highest BCUT2D eigenvalue weighted by molar-refractivity contribution is 7.92. The summed E-state index contributed by atoms with van der Waals surface area (Å²) in [5, 5.41) is 3.15. The molecule has 2 aromatic carbocycles. The lowest BCUT2D eigenvalue weighted by molar-refractivity contribution is -0.140. The highest BCUT2D eigenvalue weighted by Gasteiger charge is 2.33. The number of nitrogens with zero attached hydrogens (tertiary/aromatic N) is 2. The van der Waals surface area contributed by atoms with Crippen molar-refractivity contribution in [3.63, 3.8) is 0 Å². The zero-order valence-corrected chi connectivity index (χ0v) is 23.1. The first-order chi connectivity index (χ1) is 17.6. The number of para-hydroxylation sites is 2. The van der Waals surface area contributed by atoms with Gasteiger partial charge in [0.05, 0.1) is 19.1 Å². The van der Waals surface area contributed by atoms with Gasteiger partial charge in [-0.15, -0.1) is 0 Å². The van der Waals surface area contributed by atoms with Crippen LogP contribution in [0.5, 0.6) is 5.75 Å². The van der Waals surface area contributed by atoms with Crippen LogP contribution in [0.1, 0.15) is 56.6 Å². The summed E-state index contributed by atoms with van der Waals surface area (Å²) in [5.74, 6) is -0.312. The number of rotatable bonds is 11. The molecule has 2 amide bonds. The maximum atomic E-state index is 13.8. The number of carbonyl (C=O) groups is 2. The minimum absolute atomic E-state index is 0.104. The Labute approximate surface area is 221 Å². The largest absolute Gasteiger partial charge is 0.495 e. The number of benzene rings is 2. The van der Waals surface area contributed by atoms with Gasteiger partial charge < -0.3 is 15.0 Å². The van der Waals surface area contributed by atoms with Crippen molar-refractivity contribution in [3.05, 3.63) is 59.7 Å². The third-order valence-corrected chi connectivity index (χ3v) is 7.97. The predicted octanol–water partition coefficient (Wildman–Crippen LogP) is 4.03. The van der Waals surface area contributed by atoms with E-state index in [1.165, 1.54) is 18.4 Å². The van der Waals surface area contributed by atoms with Gasteiger partial charge in [0.1, 0.15) is 18.3 Å². The average molecular weight is 530 g/mol. The number of aryl methyl sites for hydroxylation is 1. The molecule has 37 heavy (non-hydrogen) atoms. The van der Waals surface area contributed by atoms with Crippen molar-refractivity contribution in [1.82, 2.24) is 10.2 Å². The van der Waals surface area contributed by atoms with Crippen molar-refractivity contribution in [2.75, 3.05) is 24.2 Å². The zero-order valence-electron chi connectivity index (χ0n) is 22.3. The van der Waals surface area contributed by atoms with Gasteiger partial charge in [-0.25, -0.2) is 8.42 Å². The first-order valence-corrected chi connectivity index (χ1v) is 14.7. The quantitative estimate of drug-likeness (QED) is 0.474. The minimum Gasteiger partial charge on any atom is -0.495 e. The summed E-state index contributed by atoms with van der Waals surface area (Å²) in [6, 6.07) is 13.8. The molecule has 202 valence electrons. The van der Waals surface area contributed by atoms with Gasteiger partial charge in [-0.05, 0) is 43.9 Å². The highest BCUT2D eigenvalue weighted by Crippen LogP contribution is 2.30. The summed E-state index contributed by atoms with van der Waals surface area (Å²) < 4.78 is 32.0. The van der Waals surface area contributed by atoms with E-state index >= 15 is 0 Å². The molecular weight excluding hydrogens is 490 g/mol. The molecule has 1 fully saturated rings. The topological polar surface area (TPSA) is 96.0 Å². The molecule has 1 saturated carbocycles. The van der Waals surface area contributed by atoms with Crippen LogP contribution in [-0.2, 0) is 26.2 Å². The Morgan fingerprint density at radius 1 is 1.05 bits per heavy atom. The fourth-order valence-corrected chi connectivity index (χ4v) is 5.64. The summed E-state index contributed by atoms with van der Waals surface area (Å²) in [6.07, 6.45) is 6.67. The Morgan fingerprint density at radius 3 is 2.30 bits per heavy atom. The fraction of sp³-hybridized carbons (Fsp3) is 0.500. The van der Waals surface area contributed by atoms with Crippen molar-refractivity contribution < 1.29 is 22.7 Å². The van der Waals surface area contributed by atoms with E-state index in [9.17, 15) is 18.0 Å². The lowest BCUT2D eigenvalue weighted by atomic mass is 9.95. The Balaban J connectivity index is 1.93. The first-order valence-electron chi connectivity index (χ1n) is 12.9. The number of hydrogen-bond acceptors (Lipinski definition) is 5. The molecule has 8 nitrogen and oxygen atoms in total. The van der Waals surface area contributed by atoms with Gasteiger partial charge in [0.2, 0.25) is 21.8 Å². The van der Waals surface area contributed by atoms with Crippen LogP contribution < -0.4 is 14.4 Å². The van der Waals surface area contributed by atoms with Gasteiger partial charge in [-0.3, -0.25) is 13.9 Å². The molecule has 0 saturated heterocycles. The van der Waals surface area contributed by atoms with Crippen molar-refractivity contribution in [2.24, 2.45) is 0 Å². The Kier molecular flexibility index (Phi) is 9.97. The second-order valence-electron chi connectivity index (χ2n) is 9.72. The monoisotopic (exact) mass is 529 g/mol. The number of anilines is 1. The van der Waals surface area contributed by atoms with Gasteiger partial charge in [0.25, 0.3) is 0 Å². The van der Waals surface area contributed by atoms with Gasteiger partial charge >= 0.3 is 0 Å². The summed E-state index contributed by atoms with van der Waals surface area (Å²) in [4.78, 5) is 28.8. The van der Waals surface area contributed by atoms with E-state index in [0.29, 0.717) is 12.2 Å². The molecule has 1 aliphatic rings. The molecule has 1 atom stereocenters. The third-order valence-electron chi connectivity index (χ3n) is 6.84. The Bertz CT molecular complexity index is 1160. The maximum absolute atomic E-state index is 13.8. The normalized spacial score (nSPS) is 15.0. The molecule has 3 rings (SSSR count). The number of hydrogen-bond donors (Lipinski definition) is 1. The van der Waals surface area contributed by atoms with Gasteiger partial charge in [-0.2, -0.15) is 0 Å². The third kappa shape index (κ3) is 7.71. The molecule has 0 spiro atoms. The molecule has 2 aromatic rings. The van der Waals surface area contributed by atoms with Crippen molar-refractivity contribution in [2.45, 2.75) is 71.0 Å². The second kappa shape index (κ2) is 12.9. The molecular formula is C28H39N3O5S. The zero-order chi connectivity index (χ0) is 27.0. The number of carbonyl (C=O) groups excluding carboxylic acids is 2. The predicted molar refractivity (Wildman–Crippen MR) is 146 cm³/mol. The van der Waals surface area contributed by atoms with Crippen molar-refractivity contribution in [1.29, 1.82) is 0 Å². The van der Waals surface area contributed by atoms with Gasteiger partial charge in [0.15, 0.2) is 0 Å². The number of amides is 2. The summed E-state index contributed by atoms with van der Waals surface area (Å²) in [6.45, 7) is 3.60. The molecule has 0 bridgehead atoms. The van der Waals surface area contributed by atoms with Crippen molar-refractivity contribution in [3.8, 4) is 5.75 Å². The fourth-order valence-electron chi connectivity index (χ4n) is 4.78. The number of ether oxygens (including phenoxy) is 1. The Morgan fingerprint density at radius 2 is 1.70 bits per heavy atom. The van der Waals surface area contributed by atoms with E-state index in [1.807, 2.05) is 38.1 Å². The van der Waals surface area contributed by atoms with Crippen LogP contribution in [0.4, 0.5) is 5.69 Å². The summed E-state index contributed by atoms with van der Waals surface area (Å²) in [5.41, 5.74) is 2.23. The lowest BCUT2D eigenvalue weighted by Gasteiger charge is -2.34. The first kappa shape index (κ1) is 28.5. The van der Waals surface area contributed by atoms with E-state index in [-0.39, 0.29) is 24.2 Å². The SMILES string of the molecule is CCC(C(=O)NC1CCCCC1)N(Cc1ccc(C)cc1)C(=O)CN(c1ccccc1OC)S(C)(=O)=O. The average Bonchev–Trinajstić information content (AvgIpc) is 2.88. The smallest absolute Gasteiger partial charge is 0.244 e. The molecule has 1 N–H and O–H groups in total. The minimum atomic E-state index is -3.83. The molecule has 9 heteroatoms. The molecule has 0 aromatic heterocycles. The van der Waals surface area contributed by atoms with Crippen LogP contribution in [0, 0.1) is 6.92 Å². The van der Waals surface area contributed by atoms with Crippen LogP contribution in [0.3, 0.4) is 0 Å². The standard InChI is InChI=1S/C28H39N3O5S/c1-5-24(28(33)29-23-11-7-6-8-12-23)30(19-22-17-15-21(2)16-18-22)27(32)20-31(37(4,34)35)25-13-9-10-14-26(25)36-3/h9-10,13-18,23-24H,5-8,11-12,19-20H2,1-4H3,(H,29,33). The van der Waals surface area contributed by atoms with E-state index in [1.54, 1.807) is 24.3 Å². The maximum Gasteiger partial charge on any atom is 0.244 e. The van der Waals surface area contributed by atoms with Crippen molar-refractivity contribution >= 4 is 27.5 Å². The molecule has 0 heterocycles. The van der Waals surface area contributed by atoms with Crippen LogP contribution >= 0.6 is 0 Å². The van der Waals surface area contributed by atoms with Gasteiger partial charge in [-0.1, -0.05) is 68.1 Å². The number of methoxy groups -OCH3 is 1. The molecule has 1 unspecified atom stereocenters. The number of nitrogens with one attached hydrogen (secondary N) is 1. The van der Waals surface area contributed by atoms with Gasteiger partial charge in [0, 0.05) is 12.6 Å². The van der Waals surface area contributed by atoms with Crippen LogP contribution in [0.15, 0.2) is 48.5 Å². The van der Waals surface area contributed by atoms with Crippen LogP contribution in [0.25, 0.3) is 0 Å². The Hall–Kier alpha value is -3.07. The number of sulfonamides is 1. The van der Waals surface area contributed by atoms with E-state index < -0.39 is 28.5 Å². The van der Waals surface area contributed by atoms with E-state index in [4.69, 9.17) is 4.74 Å². The molecule has 0 radical (unpaired) electrons. The highest BCUT2D eigenvalue weighted by atomic mass is 32.2.